The van der Waals surface area contributed by atoms with Crippen molar-refractivity contribution in [2.45, 2.75) is 26.8 Å². The minimum atomic E-state index is -0.0951. The highest BCUT2D eigenvalue weighted by atomic mass is 16.7. The fourth-order valence-electron chi connectivity index (χ4n) is 2.28. The lowest BCUT2D eigenvalue weighted by Crippen LogP contribution is -2.41. The highest BCUT2D eigenvalue weighted by Crippen LogP contribution is 2.20. The van der Waals surface area contributed by atoms with Crippen molar-refractivity contribution in [1.29, 1.82) is 5.41 Å². The Balaban J connectivity index is 2.98. The molecule has 1 rings (SSSR count). The number of ether oxygens (including phenoxy) is 2. The van der Waals surface area contributed by atoms with Crippen LogP contribution in [0.2, 0.25) is 0 Å². The number of nitrogens with zero attached hydrogens (tertiary/aromatic N) is 2. The normalized spacial score (nSPS) is 12.2. The zero-order valence-corrected chi connectivity index (χ0v) is 14.7. The van der Waals surface area contributed by atoms with E-state index in [1.54, 1.807) is 12.0 Å². The number of methoxy groups -OCH3 is 1. The van der Waals surface area contributed by atoms with Gasteiger partial charge in [0.05, 0.1) is 30.1 Å². The summed E-state index contributed by atoms with van der Waals surface area (Å²) in [4.78, 5) is 14.7. The first-order valence-electron chi connectivity index (χ1n) is 7.81. The number of carbonyl (C=O) groups is 1. The average molecular weight is 334 g/mol. The second-order valence-corrected chi connectivity index (χ2v) is 5.32. The van der Waals surface area contributed by atoms with Gasteiger partial charge in [0.25, 0.3) is 5.91 Å². The molecular formula is C17H26N4O3. The van der Waals surface area contributed by atoms with Crippen molar-refractivity contribution in [3.8, 4) is 0 Å². The van der Waals surface area contributed by atoms with E-state index in [1.165, 1.54) is 6.21 Å². The lowest BCUT2D eigenvalue weighted by molar-refractivity contribution is -0.0462. The molecule has 0 aliphatic heterocycles. The molecule has 0 heterocycles. The Morgan fingerprint density at radius 3 is 2.88 bits per heavy atom. The Kier molecular flexibility index (Phi) is 8.67. The predicted molar refractivity (Wildman–Crippen MR) is 96.1 cm³/mol. The number of hydrazone groups is 1. The van der Waals surface area contributed by atoms with E-state index in [0.29, 0.717) is 24.4 Å². The smallest absolute Gasteiger partial charge is 0.256 e. The number of benzene rings is 1. The number of amides is 1. The van der Waals surface area contributed by atoms with Gasteiger partial charge in [0.15, 0.2) is 0 Å². The maximum absolute atomic E-state index is 13.0. The lowest BCUT2D eigenvalue weighted by Gasteiger charge is -2.28. The molecule has 0 fully saturated rings. The number of hydrogen-bond acceptors (Lipinski definition) is 6. The van der Waals surface area contributed by atoms with Crippen molar-refractivity contribution in [3.63, 3.8) is 0 Å². The fraction of sp³-hybridized carbons (Fsp3) is 0.471. The first-order chi connectivity index (χ1) is 11.5. The second kappa shape index (κ2) is 10.5. The number of carbonyl (C=O) groups excluding carboxylic acids is 1. The quantitative estimate of drug-likeness (QED) is 0.298. The zero-order valence-electron chi connectivity index (χ0n) is 14.7. The minimum Gasteiger partial charge on any atom is -0.359 e. The van der Waals surface area contributed by atoms with E-state index < -0.39 is 0 Å². The van der Waals surface area contributed by atoms with Crippen LogP contribution in [0.25, 0.3) is 0 Å². The van der Waals surface area contributed by atoms with Gasteiger partial charge in [-0.1, -0.05) is 11.6 Å². The van der Waals surface area contributed by atoms with E-state index in [0.717, 1.165) is 11.8 Å². The van der Waals surface area contributed by atoms with E-state index >= 15 is 0 Å². The molecule has 2 N–H and O–H groups in total. The third kappa shape index (κ3) is 5.75. The lowest BCUT2D eigenvalue weighted by atomic mass is 10.1. The highest BCUT2D eigenvalue weighted by molar-refractivity contribution is 6.14. The molecule has 132 valence electrons. The largest absolute Gasteiger partial charge is 0.359 e. The summed E-state index contributed by atoms with van der Waals surface area (Å²) in [5.74, 6) is -0.0951. The Morgan fingerprint density at radius 1 is 1.50 bits per heavy atom. The summed E-state index contributed by atoms with van der Waals surface area (Å²) < 4.78 is 10.2. The maximum atomic E-state index is 13.0. The Labute approximate surface area is 143 Å². The average Bonchev–Trinajstić information content (AvgIpc) is 2.57. The van der Waals surface area contributed by atoms with Gasteiger partial charge in [-0.2, -0.15) is 5.10 Å². The fourth-order valence-corrected chi connectivity index (χ4v) is 2.28. The summed E-state index contributed by atoms with van der Waals surface area (Å²) >= 11 is 0. The number of anilines is 1. The summed E-state index contributed by atoms with van der Waals surface area (Å²) in [6.07, 6.45) is 2.38. The Bertz CT molecular complexity index is 575. The number of hydrogen-bond donors (Lipinski definition) is 2. The van der Waals surface area contributed by atoms with Crippen molar-refractivity contribution in [1.82, 2.24) is 4.90 Å². The van der Waals surface area contributed by atoms with E-state index in [-0.39, 0.29) is 18.7 Å². The van der Waals surface area contributed by atoms with Gasteiger partial charge in [0.1, 0.15) is 6.79 Å². The van der Waals surface area contributed by atoms with E-state index in [4.69, 9.17) is 14.9 Å². The van der Waals surface area contributed by atoms with Gasteiger partial charge in [-0.05, 0) is 32.9 Å². The molecule has 0 aliphatic carbocycles. The van der Waals surface area contributed by atoms with Crippen molar-refractivity contribution in [3.05, 3.63) is 29.3 Å². The number of rotatable bonds is 10. The van der Waals surface area contributed by atoms with Crippen LogP contribution in [0.4, 0.5) is 5.69 Å². The van der Waals surface area contributed by atoms with Crippen LogP contribution in [0.1, 0.15) is 29.8 Å². The van der Waals surface area contributed by atoms with Gasteiger partial charge >= 0.3 is 0 Å². The number of likely N-dealkylation sites (N-methyl/N-ethyl adjacent to an activating group) is 1. The molecular weight excluding hydrogens is 308 g/mol. The van der Waals surface area contributed by atoms with Crippen LogP contribution in [0.15, 0.2) is 23.3 Å². The molecule has 1 amide bonds. The summed E-state index contributed by atoms with van der Waals surface area (Å²) in [6.45, 7) is 6.96. The second-order valence-electron chi connectivity index (χ2n) is 5.32. The molecule has 1 aromatic rings. The van der Waals surface area contributed by atoms with Crippen LogP contribution in [-0.2, 0) is 9.47 Å². The van der Waals surface area contributed by atoms with E-state index in [9.17, 15) is 4.79 Å². The molecule has 0 unspecified atom stereocenters. The van der Waals surface area contributed by atoms with Crippen molar-refractivity contribution >= 4 is 24.0 Å². The SMILES string of the molecule is CCN(C(=O)c1cc(C)ccc1N/N=C\C=N)[C@@H](C)COCOC. The maximum Gasteiger partial charge on any atom is 0.256 e. The van der Waals surface area contributed by atoms with Crippen molar-refractivity contribution < 1.29 is 14.3 Å². The number of nitrogens with one attached hydrogen (secondary N) is 2. The Hall–Kier alpha value is -2.25. The van der Waals surface area contributed by atoms with E-state index in [2.05, 4.69) is 10.5 Å². The molecule has 0 aromatic heterocycles. The number of aryl methyl sites for hydroxylation is 1. The van der Waals surface area contributed by atoms with Crippen LogP contribution in [-0.4, -0.2) is 56.3 Å². The van der Waals surface area contributed by atoms with Gasteiger partial charge in [-0.15, -0.1) is 0 Å². The summed E-state index contributed by atoms with van der Waals surface area (Å²) in [5, 5.41) is 10.9. The van der Waals surface area contributed by atoms with Crippen LogP contribution in [0, 0.1) is 12.3 Å². The first-order valence-corrected chi connectivity index (χ1v) is 7.81. The van der Waals surface area contributed by atoms with Crippen molar-refractivity contribution in [2.75, 3.05) is 32.5 Å². The van der Waals surface area contributed by atoms with Gasteiger partial charge in [0.2, 0.25) is 0 Å². The molecule has 7 nitrogen and oxygen atoms in total. The van der Waals surface area contributed by atoms with Gasteiger partial charge in [0, 0.05) is 19.9 Å². The molecule has 0 spiro atoms. The molecule has 24 heavy (non-hydrogen) atoms. The predicted octanol–water partition coefficient (Wildman–Crippen LogP) is 2.51. The monoisotopic (exact) mass is 334 g/mol. The van der Waals surface area contributed by atoms with Crippen LogP contribution in [0.3, 0.4) is 0 Å². The van der Waals surface area contributed by atoms with E-state index in [1.807, 2.05) is 39.0 Å². The summed E-state index contributed by atoms with van der Waals surface area (Å²) in [6, 6.07) is 5.45. The standard InChI is InChI=1S/C17H26N4O3/c1-5-21(14(3)11-24-12-23-4)17(22)15-10-13(2)6-7-16(15)20-19-9-8-18/h6-10,14,18,20H,5,11-12H2,1-4H3/b18-8?,19-9-/t14-/m0/s1. The highest BCUT2D eigenvalue weighted by Gasteiger charge is 2.22. The van der Waals surface area contributed by atoms with Gasteiger partial charge in [-0.3, -0.25) is 10.2 Å². The third-order valence-corrected chi connectivity index (χ3v) is 3.43. The van der Waals surface area contributed by atoms with Crippen molar-refractivity contribution in [2.24, 2.45) is 5.10 Å². The van der Waals surface area contributed by atoms with Crippen LogP contribution in [0.5, 0.6) is 0 Å². The molecule has 0 saturated heterocycles. The zero-order chi connectivity index (χ0) is 17.9. The van der Waals surface area contributed by atoms with Gasteiger partial charge < -0.3 is 19.8 Å². The third-order valence-electron chi connectivity index (χ3n) is 3.43. The molecule has 7 heteroatoms. The summed E-state index contributed by atoms with van der Waals surface area (Å²) in [5.41, 5.74) is 4.94. The van der Waals surface area contributed by atoms with Crippen LogP contribution < -0.4 is 5.43 Å². The van der Waals surface area contributed by atoms with Crippen LogP contribution >= 0.6 is 0 Å². The minimum absolute atomic E-state index is 0.0870. The van der Waals surface area contributed by atoms with Gasteiger partial charge in [-0.25, -0.2) is 0 Å². The molecule has 0 saturated carbocycles. The molecule has 0 radical (unpaired) electrons. The summed E-state index contributed by atoms with van der Waals surface area (Å²) in [7, 11) is 1.56. The molecule has 0 aliphatic rings. The molecule has 1 atom stereocenters. The molecule has 1 aromatic carbocycles. The Morgan fingerprint density at radius 2 is 2.25 bits per heavy atom. The molecule has 0 bridgehead atoms. The topological polar surface area (TPSA) is 87.0 Å². The first kappa shape index (κ1) is 19.8.